The van der Waals surface area contributed by atoms with Crippen LogP contribution in [-0.4, -0.2) is 16.9 Å². The second kappa shape index (κ2) is 2.92. The molecule has 1 heteroatoms. The van der Waals surface area contributed by atoms with Crippen LogP contribution in [0.15, 0.2) is 0 Å². The fourth-order valence-corrected chi connectivity index (χ4v) is 1.77. The van der Waals surface area contributed by atoms with Crippen LogP contribution in [-0.2, 0) is 0 Å². The Morgan fingerprint density at radius 3 is 1.75 bits per heavy atom. The van der Waals surface area contributed by atoms with Crippen molar-refractivity contribution in [3.63, 3.8) is 0 Å². The van der Waals surface area contributed by atoms with E-state index < -0.39 is 0 Å². The van der Waals surface area contributed by atoms with Gasteiger partial charge in [-0.25, -0.2) is 0 Å². The zero-order chi connectivity index (χ0) is 6.78. The Kier molecular flexibility index (Phi) is 3.12. The van der Waals surface area contributed by atoms with Crippen LogP contribution in [0.2, 0.25) is 4.20 Å². The quantitative estimate of drug-likeness (QED) is 0.564. The van der Waals surface area contributed by atoms with Gasteiger partial charge in [0.15, 0.2) is 0 Å². The van der Waals surface area contributed by atoms with Gasteiger partial charge in [-0.3, -0.25) is 0 Å². The summed E-state index contributed by atoms with van der Waals surface area (Å²) in [5.41, 5.74) is 0. The Hall–Kier alpha value is 0.558. The number of hydrogen-bond acceptors (Lipinski definition) is 0. The van der Waals surface area contributed by atoms with E-state index in [4.69, 9.17) is 0 Å². The van der Waals surface area contributed by atoms with Gasteiger partial charge in [-0.15, -0.1) is 0 Å². The van der Waals surface area contributed by atoms with Crippen molar-refractivity contribution in [1.29, 1.82) is 0 Å². The van der Waals surface area contributed by atoms with Gasteiger partial charge in [0, 0.05) is 0 Å². The van der Waals surface area contributed by atoms with Gasteiger partial charge in [-0.1, -0.05) is 0 Å². The molecule has 0 aromatic heterocycles. The summed E-state index contributed by atoms with van der Waals surface area (Å²) in [6, 6.07) is 0. The monoisotopic (exact) mass is 174 g/mol. The molecule has 0 unspecified atom stereocenters. The summed E-state index contributed by atoms with van der Waals surface area (Å²) in [5, 5.41) is 0. The predicted molar refractivity (Wildman–Crippen MR) is 39.2 cm³/mol. The minimum atomic E-state index is 0.459. The van der Waals surface area contributed by atoms with E-state index in [0.717, 1.165) is 5.92 Å². The molecule has 0 amide bonds. The average Bonchev–Trinajstić information content (AvgIpc) is 1.21. The predicted octanol–water partition coefficient (Wildman–Crippen LogP) is 2.40. The molecule has 0 atom stereocenters. The van der Waals surface area contributed by atoms with Crippen molar-refractivity contribution in [2.24, 2.45) is 5.92 Å². The minimum absolute atomic E-state index is 0.459. The molecule has 0 fully saturated rings. The van der Waals surface area contributed by atoms with Crippen molar-refractivity contribution in [2.45, 2.75) is 38.3 Å². The van der Waals surface area contributed by atoms with E-state index >= 15 is 0 Å². The molecule has 0 aromatic carbocycles. The molecule has 0 spiro atoms. The summed E-state index contributed by atoms with van der Waals surface area (Å²) >= 11 is 2.72. The first-order chi connectivity index (χ1) is 3.42. The van der Waals surface area contributed by atoms with Gasteiger partial charge in [0.25, 0.3) is 0 Å². The SMILES string of the molecule is CC(C)CC(C)(C)[As]. The van der Waals surface area contributed by atoms with Gasteiger partial charge in [0.05, 0.1) is 0 Å². The van der Waals surface area contributed by atoms with Crippen LogP contribution in [0.1, 0.15) is 34.1 Å². The maximum absolute atomic E-state index is 2.72. The average molecular weight is 174 g/mol. The molecule has 2 radical (unpaired) electrons. The molecular formula is C7H15As. The van der Waals surface area contributed by atoms with Gasteiger partial charge in [0.1, 0.15) is 0 Å². The third-order valence-corrected chi connectivity index (χ3v) is 1.29. The molecule has 0 heterocycles. The number of rotatable bonds is 2. The molecule has 0 saturated carbocycles. The molecule has 0 nitrogen and oxygen atoms in total. The third-order valence-electron chi connectivity index (χ3n) is 0.908. The topological polar surface area (TPSA) is 0 Å². The molecular weight excluding hydrogens is 159 g/mol. The van der Waals surface area contributed by atoms with Crippen LogP contribution in [0.25, 0.3) is 0 Å². The zero-order valence-corrected chi connectivity index (χ0v) is 8.11. The molecule has 0 aliphatic carbocycles. The van der Waals surface area contributed by atoms with Crippen LogP contribution in [0.4, 0.5) is 0 Å². The van der Waals surface area contributed by atoms with E-state index in [0.29, 0.717) is 4.20 Å². The first-order valence-corrected chi connectivity index (χ1v) is 4.08. The van der Waals surface area contributed by atoms with Gasteiger partial charge in [-0.2, -0.15) is 0 Å². The second-order valence-electron chi connectivity index (χ2n) is 3.41. The Labute approximate surface area is 61.5 Å². The Balaban J connectivity index is 3.39. The fourth-order valence-electron chi connectivity index (χ4n) is 0.999. The van der Waals surface area contributed by atoms with Crippen molar-refractivity contribution in [1.82, 2.24) is 0 Å². The van der Waals surface area contributed by atoms with Crippen LogP contribution < -0.4 is 0 Å². The van der Waals surface area contributed by atoms with Crippen LogP contribution in [0, 0.1) is 5.92 Å². The van der Waals surface area contributed by atoms with E-state index in [1.807, 2.05) is 0 Å². The van der Waals surface area contributed by atoms with Crippen molar-refractivity contribution in [2.75, 3.05) is 0 Å². The Bertz CT molecular complexity index is 59.3. The van der Waals surface area contributed by atoms with Crippen LogP contribution in [0.3, 0.4) is 0 Å². The molecule has 0 bridgehead atoms. The van der Waals surface area contributed by atoms with Crippen LogP contribution in [0.5, 0.6) is 0 Å². The summed E-state index contributed by atoms with van der Waals surface area (Å²) in [7, 11) is 0. The third kappa shape index (κ3) is 6.56. The van der Waals surface area contributed by atoms with E-state index in [1.54, 1.807) is 0 Å². The summed E-state index contributed by atoms with van der Waals surface area (Å²) in [6.45, 7) is 9.03. The van der Waals surface area contributed by atoms with E-state index in [9.17, 15) is 0 Å². The van der Waals surface area contributed by atoms with Gasteiger partial charge < -0.3 is 0 Å². The van der Waals surface area contributed by atoms with Gasteiger partial charge in [-0.05, 0) is 0 Å². The standard InChI is InChI=1S/C7H15As/c1-6(2)5-7(3,4)8/h6H,5H2,1-4H3. The zero-order valence-electron chi connectivity index (χ0n) is 6.23. The second-order valence-corrected chi connectivity index (χ2v) is 5.95. The molecule has 0 N–H and O–H groups in total. The summed E-state index contributed by atoms with van der Waals surface area (Å²) in [6.07, 6.45) is 1.30. The van der Waals surface area contributed by atoms with Crippen molar-refractivity contribution in [3.8, 4) is 0 Å². The molecule has 0 aliphatic heterocycles. The van der Waals surface area contributed by atoms with E-state index in [1.165, 1.54) is 6.42 Å². The van der Waals surface area contributed by atoms with Crippen molar-refractivity contribution >= 4 is 16.9 Å². The summed E-state index contributed by atoms with van der Waals surface area (Å²) in [5.74, 6) is 0.827. The van der Waals surface area contributed by atoms with Crippen molar-refractivity contribution < 1.29 is 0 Å². The van der Waals surface area contributed by atoms with E-state index in [-0.39, 0.29) is 0 Å². The molecule has 0 aliphatic rings. The fraction of sp³-hybridized carbons (Fsp3) is 1.00. The Morgan fingerprint density at radius 1 is 1.38 bits per heavy atom. The Morgan fingerprint density at radius 2 is 1.75 bits per heavy atom. The molecule has 0 rings (SSSR count). The van der Waals surface area contributed by atoms with Gasteiger partial charge in [0.2, 0.25) is 0 Å². The van der Waals surface area contributed by atoms with Crippen molar-refractivity contribution in [3.05, 3.63) is 0 Å². The first-order valence-electron chi connectivity index (χ1n) is 3.14. The number of hydrogen-bond donors (Lipinski definition) is 0. The molecule has 0 aromatic rings. The normalized spacial score (nSPS) is 12.8. The van der Waals surface area contributed by atoms with Gasteiger partial charge >= 0.3 is 61.1 Å². The maximum atomic E-state index is 2.72. The van der Waals surface area contributed by atoms with E-state index in [2.05, 4.69) is 44.5 Å². The summed E-state index contributed by atoms with van der Waals surface area (Å²) in [4.78, 5) is 0. The molecule has 8 heavy (non-hydrogen) atoms. The van der Waals surface area contributed by atoms with Crippen LogP contribution >= 0.6 is 0 Å². The first kappa shape index (κ1) is 8.56. The molecule has 48 valence electrons. The molecule has 0 saturated heterocycles. The summed E-state index contributed by atoms with van der Waals surface area (Å²) < 4.78 is 0.459.